The van der Waals surface area contributed by atoms with E-state index < -0.39 is 21.6 Å². The molecule has 1 rings (SSSR count). The monoisotopic (exact) mass is 342 g/mol. The molecule has 8 heteroatoms. The molecular weight excluding hydrogens is 320 g/mol. The van der Waals surface area contributed by atoms with E-state index in [4.69, 9.17) is 5.73 Å². The average Bonchev–Trinajstić information content (AvgIpc) is 2.44. The normalized spacial score (nSPS) is 12.5. The largest absolute Gasteiger partial charge is 0.468 e. The summed E-state index contributed by atoms with van der Waals surface area (Å²) in [6, 6.07) is 6.58. The molecule has 0 bridgehead atoms. The van der Waals surface area contributed by atoms with Gasteiger partial charge < -0.3 is 15.8 Å². The Balaban J connectivity index is 2.56. The number of carbonyl (C=O) groups excluding carboxylic acids is 2. The molecule has 0 aliphatic rings. The van der Waals surface area contributed by atoms with Gasteiger partial charge >= 0.3 is 5.97 Å². The second kappa shape index (κ2) is 8.64. The van der Waals surface area contributed by atoms with E-state index in [-0.39, 0.29) is 24.1 Å². The molecule has 0 radical (unpaired) electrons. The maximum Gasteiger partial charge on any atom is 0.320 e. The van der Waals surface area contributed by atoms with E-state index in [1.165, 1.54) is 0 Å². The summed E-state index contributed by atoms with van der Waals surface area (Å²) in [6.07, 6.45) is 0.254. The summed E-state index contributed by atoms with van der Waals surface area (Å²) in [7, 11) is -2.41. The first-order valence-corrected chi connectivity index (χ1v) is 8.91. The maximum absolute atomic E-state index is 11.8. The van der Waals surface area contributed by atoms with Gasteiger partial charge in [0.05, 0.1) is 12.9 Å². The predicted octanol–water partition coefficient (Wildman–Crippen LogP) is 0.128. The van der Waals surface area contributed by atoms with E-state index in [1.807, 2.05) is 0 Å². The van der Waals surface area contributed by atoms with Crippen LogP contribution >= 0.6 is 0 Å². The molecule has 1 amide bonds. The number of carbonyl (C=O) groups is 2. The summed E-state index contributed by atoms with van der Waals surface area (Å²) in [6.45, 7) is 2.10. The number of sulfone groups is 1. The Kier molecular flexibility index (Phi) is 7.18. The van der Waals surface area contributed by atoms with Crippen molar-refractivity contribution in [1.82, 2.24) is 5.32 Å². The van der Waals surface area contributed by atoms with Crippen LogP contribution in [0.2, 0.25) is 0 Å². The highest BCUT2D eigenvalue weighted by Gasteiger charge is 2.17. The van der Waals surface area contributed by atoms with E-state index in [0.717, 1.165) is 12.7 Å². The van der Waals surface area contributed by atoms with Crippen molar-refractivity contribution in [2.75, 3.05) is 12.9 Å². The van der Waals surface area contributed by atoms with Gasteiger partial charge in [-0.3, -0.25) is 9.59 Å². The molecule has 0 aliphatic heterocycles. The third-order valence-corrected chi connectivity index (χ3v) is 4.42. The highest BCUT2D eigenvalue weighted by atomic mass is 32.2. The highest BCUT2D eigenvalue weighted by molar-refractivity contribution is 7.91. The number of hydrogen-bond donors (Lipinski definition) is 2. The van der Waals surface area contributed by atoms with Crippen molar-refractivity contribution < 1.29 is 22.7 Å². The zero-order chi connectivity index (χ0) is 17.5. The Morgan fingerprint density at radius 1 is 1.22 bits per heavy atom. The van der Waals surface area contributed by atoms with Crippen molar-refractivity contribution in [2.45, 2.75) is 31.7 Å². The van der Waals surface area contributed by atoms with Crippen LogP contribution in [-0.2, 0) is 36.5 Å². The first-order valence-electron chi connectivity index (χ1n) is 7.09. The number of rotatable bonds is 8. The Morgan fingerprint density at radius 3 is 2.30 bits per heavy atom. The van der Waals surface area contributed by atoms with Gasteiger partial charge in [0, 0.05) is 19.0 Å². The van der Waals surface area contributed by atoms with Gasteiger partial charge in [-0.25, -0.2) is 8.42 Å². The first kappa shape index (κ1) is 19.1. The molecule has 0 aromatic heterocycles. The average molecular weight is 342 g/mol. The van der Waals surface area contributed by atoms with Crippen LogP contribution in [0.3, 0.4) is 0 Å². The second-order valence-electron chi connectivity index (χ2n) is 5.38. The van der Waals surface area contributed by atoms with E-state index in [0.29, 0.717) is 12.1 Å². The van der Waals surface area contributed by atoms with Crippen molar-refractivity contribution in [1.29, 1.82) is 0 Å². The number of esters is 1. The molecule has 0 aliphatic carbocycles. The zero-order valence-corrected chi connectivity index (χ0v) is 14.1. The number of ether oxygens (including phenoxy) is 1. The first-order chi connectivity index (χ1) is 10.7. The lowest BCUT2D eigenvalue weighted by Crippen LogP contribution is -2.29. The molecular formula is C15H22N2O5S. The lowest BCUT2D eigenvalue weighted by atomic mass is 10.1. The zero-order valence-electron chi connectivity index (χ0n) is 13.2. The lowest BCUT2D eigenvalue weighted by molar-refractivity contribution is -0.137. The molecule has 1 unspecified atom stereocenters. The van der Waals surface area contributed by atoms with Crippen LogP contribution in [0.5, 0.6) is 0 Å². The topological polar surface area (TPSA) is 116 Å². The van der Waals surface area contributed by atoms with Gasteiger partial charge in [0.25, 0.3) is 0 Å². The van der Waals surface area contributed by atoms with Crippen LogP contribution in [0.25, 0.3) is 0 Å². The molecule has 0 spiro atoms. The summed E-state index contributed by atoms with van der Waals surface area (Å²) < 4.78 is 28.0. The van der Waals surface area contributed by atoms with Crippen molar-refractivity contribution in [3.05, 3.63) is 35.4 Å². The Hall–Kier alpha value is -1.93. The van der Waals surface area contributed by atoms with Crippen molar-refractivity contribution in [2.24, 2.45) is 5.73 Å². The van der Waals surface area contributed by atoms with Gasteiger partial charge in [0.15, 0.2) is 9.84 Å². The van der Waals surface area contributed by atoms with Crippen LogP contribution in [0.15, 0.2) is 24.3 Å². The van der Waals surface area contributed by atoms with Crippen LogP contribution in [0.1, 0.15) is 24.5 Å². The minimum absolute atomic E-state index is 0.135. The predicted molar refractivity (Wildman–Crippen MR) is 86.1 cm³/mol. The van der Waals surface area contributed by atoms with Crippen LogP contribution < -0.4 is 11.1 Å². The van der Waals surface area contributed by atoms with Gasteiger partial charge in [0.2, 0.25) is 5.91 Å². The van der Waals surface area contributed by atoms with E-state index >= 15 is 0 Å². The molecule has 0 saturated carbocycles. The summed E-state index contributed by atoms with van der Waals surface area (Å²) in [4.78, 5) is 22.5. The highest BCUT2D eigenvalue weighted by Crippen LogP contribution is 2.09. The molecule has 128 valence electrons. The van der Waals surface area contributed by atoms with Crippen molar-refractivity contribution in [3.63, 3.8) is 0 Å². The van der Waals surface area contributed by atoms with Crippen molar-refractivity contribution >= 4 is 21.7 Å². The van der Waals surface area contributed by atoms with Gasteiger partial charge in [-0.2, -0.15) is 0 Å². The van der Waals surface area contributed by atoms with Crippen LogP contribution in [0.4, 0.5) is 0 Å². The molecule has 1 aromatic rings. The summed E-state index contributed by atoms with van der Waals surface area (Å²) in [5.74, 6) is -1.79. The third kappa shape index (κ3) is 7.75. The van der Waals surface area contributed by atoms with E-state index in [1.54, 1.807) is 31.2 Å². The smallest absolute Gasteiger partial charge is 0.320 e. The fraction of sp³-hybridized carbons (Fsp3) is 0.467. The Morgan fingerprint density at radius 2 is 1.78 bits per heavy atom. The quantitative estimate of drug-likeness (QED) is 0.649. The minimum atomic E-state index is -3.56. The molecule has 3 N–H and O–H groups in total. The van der Waals surface area contributed by atoms with Gasteiger partial charge in [-0.05, 0) is 18.1 Å². The Bertz CT molecular complexity index is 638. The number of methoxy groups -OCH3 is 1. The fourth-order valence-corrected chi connectivity index (χ4v) is 3.14. The van der Waals surface area contributed by atoms with E-state index in [9.17, 15) is 18.0 Å². The van der Waals surface area contributed by atoms with Crippen molar-refractivity contribution in [3.8, 4) is 0 Å². The minimum Gasteiger partial charge on any atom is -0.468 e. The van der Waals surface area contributed by atoms with Gasteiger partial charge in [-0.1, -0.05) is 24.3 Å². The third-order valence-electron chi connectivity index (χ3n) is 2.97. The molecule has 0 fully saturated rings. The van der Waals surface area contributed by atoms with Crippen LogP contribution in [0, 0.1) is 0 Å². The fourth-order valence-electron chi connectivity index (χ4n) is 1.86. The molecule has 1 aromatic carbocycles. The maximum atomic E-state index is 11.8. The molecule has 23 heavy (non-hydrogen) atoms. The molecule has 0 heterocycles. The van der Waals surface area contributed by atoms with Gasteiger partial charge in [-0.15, -0.1) is 0 Å². The molecule has 7 nitrogen and oxygen atoms in total. The number of benzene rings is 1. The summed E-state index contributed by atoms with van der Waals surface area (Å²) in [5.41, 5.74) is 6.95. The molecule has 1 atom stereocenters. The summed E-state index contributed by atoms with van der Waals surface area (Å²) >= 11 is 0. The van der Waals surface area contributed by atoms with E-state index in [2.05, 4.69) is 10.1 Å². The molecule has 0 saturated heterocycles. The standard InChI is InChI=1S/C15H22N2O5S/c1-11(16)7-14(18)17-8-12-3-5-13(6-4-12)9-23(20,21)10-15(19)22-2/h3-6,11H,7-10,16H2,1-2H3,(H,17,18). The summed E-state index contributed by atoms with van der Waals surface area (Å²) in [5, 5.41) is 2.73. The SMILES string of the molecule is COC(=O)CS(=O)(=O)Cc1ccc(CNC(=O)CC(C)N)cc1. The number of nitrogens with two attached hydrogens (primary N) is 1. The number of hydrogen-bond acceptors (Lipinski definition) is 6. The lowest BCUT2D eigenvalue weighted by Gasteiger charge is -2.08. The second-order valence-corrected chi connectivity index (χ2v) is 7.45. The number of nitrogens with one attached hydrogen (secondary N) is 1. The van der Waals surface area contributed by atoms with Crippen LogP contribution in [-0.4, -0.2) is 39.2 Å². The van der Waals surface area contributed by atoms with Gasteiger partial charge in [0.1, 0.15) is 5.75 Å². The Labute approximate surface area is 136 Å². The number of amides is 1.